The summed E-state index contributed by atoms with van der Waals surface area (Å²) in [6, 6.07) is 7.46. The molecule has 0 heterocycles. The molecule has 0 aromatic heterocycles. The molecule has 29 heavy (non-hydrogen) atoms. The highest BCUT2D eigenvalue weighted by Crippen LogP contribution is 2.22. The van der Waals surface area contributed by atoms with Crippen LogP contribution in [-0.2, 0) is 4.74 Å². The monoisotopic (exact) mass is 400 g/mol. The summed E-state index contributed by atoms with van der Waals surface area (Å²) in [7, 11) is 0. The summed E-state index contributed by atoms with van der Waals surface area (Å²) >= 11 is 0. The Balaban J connectivity index is 2.09. The molecule has 0 saturated carbocycles. The molecule has 1 aliphatic rings. The molecule has 0 amide bonds. The summed E-state index contributed by atoms with van der Waals surface area (Å²) in [5, 5.41) is 26.5. The zero-order valence-corrected chi connectivity index (χ0v) is 17.1. The van der Waals surface area contributed by atoms with Gasteiger partial charge in [-0.3, -0.25) is 5.41 Å². The minimum atomic E-state index is 0.0149. The smallest absolute Gasteiger partial charge is 0.144 e. The zero-order valence-electron chi connectivity index (χ0n) is 17.1. The molecule has 0 aliphatic heterocycles. The second-order valence-corrected chi connectivity index (χ2v) is 6.88. The summed E-state index contributed by atoms with van der Waals surface area (Å²) in [6.07, 6.45) is 7.75. The van der Waals surface area contributed by atoms with Crippen LogP contribution in [0, 0.1) is 5.41 Å². The van der Waals surface area contributed by atoms with Crippen molar-refractivity contribution < 1.29 is 14.9 Å². The van der Waals surface area contributed by atoms with Crippen molar-refractivity contribution in [1.29, 1.82) is 5.41 Å². The van der Waals surface area contributed by atoms with Crippen LogP contribution in [0.3, 0.4) is 0 Å². The normalized spacial score (nSPS) is 15.3. The number of anilines is 1. The van der Waals surface area contributed by atoms with E-state index in [-0.39, 0.29) is 18.9 Å². The van der Waals surface area contributed by atoms with Gasteiger partial charge in [0.1, 0.15) is 5.76 Å². The first-order chi connectivity index (χ1) is 14.1. The number of benzene rings is 1. The maximum absolute atomic E-state index is 9.17. The second kappa shape index (κ2) is 12.0. The number of nitrogens with zero attached hydrogens (tertiary/aromatic N) is 2. The van der Waals surface area contributed by atoms with Gasteiger partial charge in [0.05, 0.1) is 42.6 Å². The van der Waals surface area contributed by atoms with Gasteiger partial charge in [-0.15, -0.1) is 0 Å². The third kappa shape index (κ3) is 7.03. The highest BCUT2D eigenvalue weighted by molar-refractivity contribution is 6.50. The van der Waals surface area contributed by atoms with Gasteiger partial charge >= 0.3 is 0 Å². The lowest BCUT2D eigenvalue weighted by Crippen LogP contribution is -2.29. The molecule has 2 rings (SSSR count). The van der Waals surface area contributed by atoms with E-state index >= 15 is 0 Å². The molecule has 7 heteroatoms. The first kappa shape index (κ1) is 22.6. The van der Waals surface area contributed by atoms with Crippen LogP contribution in [0.1, 0.15) is 32.6 Å². The molecule has 1 aromatic rings. The van der Waals surface area contributed by atoms with Gasteiger partial charge < -0.3 is 25.6 Å². The Kier molecular flexibility index (Phi) is 9.40. The number of aliphatic hydroxyl groups excluding tert-OH is 2. The number of aliphatic imine (C=N–C) groups is 1. The van der Waals surface area contributed by atoms with Crippen LogP contribution in [0.15, 0.2) is 52.9 Å². The lowest BCUT2D eigenvalue weighted by Gasteiger charge is -2.22. The number of rotatable bonds is 12. The average molecular weight is 401 g/mol. The van der Waals surface area contributed by atoms with Gasteiger partial charge in [-0.25, -0.2) is 4.99 Å². The van der Waals surface area contributed by atoms with Gasteiger partial charge in [0.15, 0.2) is 0 Å². The quantitative estimate of drug-likeness (QED) is 0.318. The molecule has 0 unspecified atom stereocenters. The van der Waals surface area contributed by atoms with E-state index in [1.165, 1.54) is 12.8 Å². The van der Waals surface area contributed by atoms with Crippen molar-refractivity contribution in [2.75, 3.05) is 37.8 Å². The molecule has 0 bridgehead atoms. The Morgan fingerprint density at radius 3 is 2.34 bits per heavy atom. The third-order valence-electron chi connectivity index (χ3n) is 4.59. The topological polar surface area (TPSA) is 115 Å². The first-order valence-corrected chi connectivity index (χ1v) is 10.2. The lowest BCUT2D eigenvalue weighted by molar-refractivity contribution is 0.212. The summed E-state index contributed by atoms with van der Waals surface area (Å²) in [5.74, 6) is 0.560. The number of hydrogen-bond donors (Lipinski definition) is 4. The highest BCUT2D eigenvalue weighted by Gasteiger charge is 2.15. The van der Waals surface area contributed by atoms with Crippen LogP contribution in [0.4, 0.5) is 11.4 Å². The van der Waals surface area contributed by atoms with E-state index < -0.39 is 0 Å². The van der Waals surface area contributed by atoms with Crippen molar-refractivity contribution >= 4 is 22.8 Å². The van der Waals surface area contributed by atoms with Crippen molar-refractivity contribution in [1.82, 2.24) is 0 Å². The van der Waals surface area contributed by atoms with Crippen molar-refractivity contribution in [3.05, 3.63) is 47.9 Å². The molecule has 0 atom stereocenters. The van der Waals surface area contributed by atoms with Gasteiger partial charge in [-0.2, -0.15) is 0 Å². The van der Waals surface area contributed by atoms with Crippen LogP contribution in [0.2, 0.25) is 0 Å². The highest BCUT2D eigenvalue weighted by atomic mass is 16.5. The third-order valence-corrected chi connectivity index (χ3v) is 4.59. The fourth-order valence-electron chi connectivity index (χ4n) is 3.00. The van der Waals surface area contributed by atoms with Gasteiger partial charge in [0.2, 0.25) is 0 Å². The van der Waals surface area contributed by atoms with Crippen LogP contribution >= 0.6 is 0 Å². The number of allylic oxidation sites excluding steroid dienone is 2. The Morgan fingerprint density at radius 2 is 1.72 bits per heavy atom. The summed E-state index contributed by atoms with van der Waals surface area (Å²) in [6.45, 7) is 3.70. The van der Waals surface area contributed by atoms with Gasteiger partial charge in [-0.1, -0.05) is 26.2 Å². The molecule has 158 valence electrons. The SMILES string of the molecule is CCCCCCOC1=CC(=Nc2ccc(N(CCO)CCO)cc2)C(=N)C=C1N. The van der Waals surface area contributed by atoms with Gasteiger partial charge in [0.25, 0.3) is 0 Å². The molecule has 0 fully saturated rings. The van der Waals surface area contributed by atoms with Crippen molar-refractivity contribution in [2.45, 2.75) is 32.6 Å². The standard InChI is InChI=1S/C22H32N4O3/c1-2-3-4-5-14-29-22-16-21(19(23)15-20(22)24)25-17-6-8-18(9-7-17)26(10-12-27)11-13-28/h6-9,15-16,23,27-28H,2-5,10-14,24H2,1H3. The summed E-state index contributed by atoms with van der Waals surface area (Å²) < 4.78 is 5.80. The number of aliphatic hydroxyl groups is 2. The summed E-state index contributed by atoms with van der Waals surface area (Å²) in [4.78, 5) is 6.45. The zero-order chi connectivity index (χ0) is 21.1. The molecular formula is C22H32N4O3. The number of nitrogens with two attached hydrogens (primary N) is 1. The van der Waals surface area contributed by atoms with Gasteiger partial charge in [0, 0.05) is 24.9 Å². The molecule has 1 aliphatic carbocycles. The maximum Gasteiger partial charge on any atom is 0.144 e. The minimum Gasteiger partial charge on any atom is -0.491 e. The molecule has 5 N–H and O–H groups in total. The number of unbranched alkanes of at least 4 members (excludes halogenated alkanes) is 3. The summed E-state index contributed by atoms with van der Waals surface area (Å²) in [5.41, 5.74) is 8.79. The van der Waals surface area contributed by atoms with Crippen LogP contribution in [-0.4, -0.2) is 54.5 Å². The molecule has 0 radical (unpaired) electrons. The number of hydrogen-bond acceptors (Lipinski definition) is 7. The van der Waals surface area contributed by atoms with Crippen LogP contribution in [0.5, 0.6) is 0 Å². The largest absolute Gasteiger partial charge is 0.491 e. The van der Waals surface area contributed by atoms with E-state index in [4.69, 9.17) is 15.9 Å². The molecule has 7 nitrogen and oxygen atoms in total. The van der Waals surface area contributed by atoms with E-state index in [1.807, 2.05) is 29.2 Å². The molecular weight excluding hydrogens is 368 g/mol. The fourth-order valence-corrected chi connectivity index (χ4v) is 3.00. The van der Waals surface area contributed by atoms with Crippen LogP contribution < -0.4 is 10.6 Å². The van der Waals surface area contributed by atoms with Gasteiger partial charge in [-0.05, 0) is 36.8 Å². The van der Waals surface area contributed by atoms with E-state index in [9.17, 15) is 10.2 Å². The van der Waals surface area contributed by atoms with E-state index in [0.717, 1.165) is 18.5 Å². The molecule has 1 aromatic carbocycles. The fraction of sp³-hybridized carbons (Fsp3) is 0.455. The van der Waals surface area contributed by atoms with E-state index in [1.54, 1.807) is 12.2 Å². The minimum absolute atomic E-state index is 0.0149. The predicted molar refractivity (Wildman–Crippen MR) is 118 cm³/mol. The molecule has 0 spiro atoms. The van der Waals surface area contributed by atoms with Crippen molar-refractivity contribution in [3.8, 4) is 0 Å². The molecule has 0 saturated heterocycles. The van der Waals surface area contributed by atoms with Crippen molar-refractivity contribution in [2.24, 2.45) is 10.7 Å². The average Bonchev–Trinajstić information content (AvgIpc) is 2.71. The van der Waals surface area contributed by atoms with Crippen molar-refractivity contribution in [3.63, 3.8) is 0 Å². The Bertz CT molecular complexity index is 748. The lowest BCUT2D eigenvalue weighted by atomic mass is 10.1. The van der Waals surface area contributed by atoms with E-state index in [2.05, 4.69) is 11.9 Å². The van der Waals surface area contributed by atoms with E-state index in [0.29, 0.717) is 42.6 Å². The Morgan fingerprint density at radius 1 is 1.03 bits per heavy atom. The first-order valence-electron chi connectivity index (χ1n) is 10.2. The Labute approximate surface area is 172 Å². The maximum atomic E-state index is 9.17. The number of ether oxygens (including phenoxy) is 1. The second-order valence-electron chi connectivity index (χ2n) is 6.88. The Hall–Kier alpha value is -2.64. The number of nitrogens with one attached hydrogen (secondary N) is 1. The van der Waals surface area contributed by atoms with Crippen LogP contribution in [0.25, 0.3) is 0 Å². The predicted octanol–water partition coefficient (Wildman–Crippen LogP) is 2.91.